The summed E-state index contributed by atoms with van der Waals surface area (Å²) in [7, 11) is 0. The van der Waals surface area contributed by atoms with Gasteiger partial charge in [0.15, 0.2) is 5.82 Å². The molecule has 0 fully saturated rings. The molecule has 0 aliphatic heterocycles. The van der Waals surface area contributed by atoms with Gasteiger partial charge in [-0.2, -0.15) is 0 Å². The second-order valence-corrected chi connectivity index (χ2v) is 6.05. The lowest BCUT2D eigenvalue weighted by molar-refractivity contribution is 0.586. The molecular formula is C15H19BrN4. The van der Waals surface area contributed by atoms with Crippen LogP contribution in [0.3, 0.4) is 0 Å². The van der Waals surface area contributed by atoms with Crippen LogP contribution in [0.4, 0.5) is 0 Å². The molecule has 106 valence electrons. The summed E-state index contributed by atoms with van der Waals surface area (Å²) in [5.41, 5.74) is 9.87. The first-order valence-corrected chi connectivity index (χ1v) is 7.45. The molecule has 0 aliphatic carbocycles. The number of rotatable bonds is 4. The SMILES string of the molecule is Cc1nc(-c2cncc(Br)c2)nc(C)c1CC(C)CN. The van der Waals surface area contributed by atoms with Gasteiger partial charge in [0.2, 0.25) is 0 Å². The maximum Gasteiger partial charge on any atom is 0.161 e. The van der Waals surface area contributed by atoms with E-state index in [1.165, 1.54) is 5.56 Å². The molecular weight excluding hydrogens is 316 g/mol. The van der Waals surface area contributed by atoms with E-state index >= 15 is 0 Å². The van der Waals surface area contributed by atoms with Crippen LogP contribution in [0.5, 0.6) is 0 Å². The van der Waals surface area contributed by atoms with Gasteiger partial charge in [0, 0.05) is 33.8 Å². The third kappa shape index (κ3) is 3.41. The Morgan fingerprint density at radius 1 is 1.20 bits per heavy atom. The highest BCUT2D eigenvalue weighted by Gasteiger charge is 2.12. The van der Waals surface area contributed by atoms with Crippen LogP contribution in [0.2, 0.25) is 0 Å². The Hall–Kier alpha value is -1.33. The van der Waals surface area contributed by atoms with Crippen molar-refractivity contribution >= 4 is 15.9 Å². The number of aromatic nitrogens is 3. The lowest BCUT2D eigenvalue weighted by Crippen LogP contribution is -2.15. The fraction of sp³-hybridized carbons (Fsp3) is 0.400. The van der Waals surface area contributed by atoms with Crippen LogP contribution in [-0.4, -0.2) is 21.5 Å². The number of hydrogen-bond acceptors (Lipinski definition) is 4. The van der Waals surface area contributed by atoms with Crippen molar-refractivity contribution in [1.29, 1.82) is 0 Å². The lowest BCUT2D eigenvalue weighted by Gasteiger charge is -2.14. The second-order valence-electron chi connectivity index (χ2n) is 5.13. The molecule has 0 amide bonds. The standard InChI is InChI=1S/C15H19BrN4/c1-9(6-17)4-14-10(2)19-15(20-11(14)3)12-5-13(16)8-18-7-12/h5,7-9H,4,6,17H2,1-3H3. The Morgan fingerprint density at radius 2 is 1.85 bits per heavy atom. The molecule has 0 saturated carbocycles. The summed E-state index contributed by atoms with van der Waals surface area (Å²) in [6, 6.07) is 1.98. The Labute approximate surface area is 128 Å². The van der Waals surface area contributed by atoms with E-state index in [-0.39, 0.29) is 0 Å². The van der Waals surface area contributed by atoms with Crippen molar-refractivity contribution in [2.75, 3.05) is 6.54 Å². The van der Waals surface area contributed by atoms with E-state index in [2.05, 4.69) is 37.8 Å². The van der Waals surface area contributed by atoms with Gasteiger partial charge in [-0.25, -0.2) is 9.97 Å². The van der Waals surface area contributed by atoms with E-state index in [0.29, 0.717) is 12.5 Å². The Bertz CT molecular complexity index is 590. The minimum atomic E-state index is 0.439. The molecule has 2 rings (SSSR count). The number of hydrogen-bond donors (Lipinski definition) is 1. The molecule has 20 heavy (non-hydrogen) atoms. The number of nitrogens with two attached hydrogens (primary N) is 1. The number of nitrogens with zero attached hydrogens (tertiary/aromatic N) is 3. The Morgan fingerprint density at radius 3 is 2.40 bits per heavy atom. The van der Waals surface area contributed by atoms with Crippen molar-refractivity contribution in [2.24, 2.45) is 11.7 Å². The molecule has 0 radical (unpaired) electrons. The molecule has 2 aromatic rings. The fourth-order valence-corrected chi connectivity index (χ4v) is 2.49. The van der Waals surface area contributed by atoms with Crippen molar-refractivity contribution in [2.45, 2.75) is 27.2 Å². The van der Waals surface area contributed by atoms with Crippen LogP contribution < -0.4 is 5.73 Å². The molecule has 0 aliphatic rings. The van der Waals surface area contributed by atoms with Gasteiger partial charge in [-0.15, -0.1) is 0 Å². The Kier molecular flexibility index (Phi) is 4.83. The number of halogens is 1. The summed E-state index contributed by atoms with van der Waals surface area (Å²) in [4.78, 5) is 13.4. The molecule has 4 nitrogen and oxygen atoms in total. The molecule has 1 atom stereocenters. The molecule has 0 bridgehead atoms. The predicted molar refractivity (Wildman–Crippen MR) is 84.4 cm³/mol. The summed E-state index contributed by atoms with van der Waals surface area (Å²) in [6.45, 7) is 6.88. The summed E-state index contributed by atoms with van der Waals surface area (Å²) < 4.78 is 0.926. The van der Waals surface area contributed by atoms with Gasteiger partial charge >= 0.3 is 0 Å². The van der Waals surface area contributed by atoms with Crippen molar-refractivity contribution < 1.29 is 0 Å². The van der Waals surface area contributed by atoms with Gasteiger partial charge in [-0.05, 0) is 60.3 Å². The molecule has 1 unspecified atom stereocenters. The van der Waals surface area contributed by atoms with E-state index in [1.54, 1.807) is 12.4 Å². The van der Waals surface area contributed by atoms with Crippen LogP contribution in [-0.2, 0) is 6.42 Å². The normalized spacial score (nSPS) is 12.4. The first-order chi connectivity index (χ1) is 9.51. The fourth-order valence-electron chi connectivity index (χ4n) is 2.13. The van der Waals surface area contributed by atoms with Crippen LogP contribution in [0.15, 0.2) is 22.9 Å². The average molecular weight is 335 g/mol. The first-order valence-electron chi connectivity index (χ1n) is 6.66. The quantitative estimate of drug-likeness (QED) is 0.933. The second kappa shape index (κ2) is 6.41. The monoisotopic (exact) mass is 334 g/mol. The summed E-state index contributed by atoms with van der Waals surface area (Å²) >= 11 is 3.42. The van der Waals surface area contributed by atoms with Crippen LogP contribution in [0, 0.1) is 19.8 Å². The van der Waals surface area contributed by atoms with Gasteiger partial charge < -0.3 is 5.73 Å². The van der Waals surface area contributed by atoms with Gasteiger partial charge in [0.05, 0.1) is 0 Å². The van der Waals surface area contributed by atoms with E-state index in [9.17, 15) is 0 Å². The summed E-state index contributed by atoms with van der Waals surface area (Å²) in [6.07, 6.45) is 4.45. The zero-order valence-corrected chi connectivity index (χ0v) is 13.6. The zero-order valence-electron chi connectivity index (χ0n) is 12.0. The Balaban J connectivity index is 2.40. The smallest absolute Gasteiger partial charge is 0.161 e. The summed E-state index contributed by atoms with van der Waals surface area (Å²) in [5.74, 6) is 1.16. The maximum atomic E-state index is 5.70. The highest BCUT2D eigenvalue weighted by Crippen LogP contribution is 2.22. The van der Waals surface area contributed by atoms with Crippen LogP contribution in [0.25, 0.3) is 11.4 Å². The van der Waals surface area contributed by atoms with Crippen molar-refractivity contribution in [3.05, 3.63) is 39.9 Å². The summed E-state index contributed by atoms with van der Waals surface area (Å²) in [5, 5.41) is 0. The molecule has 2 N–H and O–H groups in total. The number of aryl methyl sites for hydroxylation is 2. The van der Waals surface area contributed by atoms with Crippen molar-refractivity contribution in [3.63, 3.8) is 0 Å². The van der Waals surface area contributed by atoms with E-state index in [4.69, 9.17) is 5.73 Å². The molecule has 2 heterocycles. The molecule has 0 aromatic carbocycles. The molecule has 5 heteroatoms. The molecule has 0 spiro atoms. The van der Waals surface area contributed by atoms with E-state index in [1.807, 2.05) is 19.9 Å². The third-order valence-electron chi connectivity index (χ3n) is 3.34. The minimum Gasteiger partial charge on any atom is -0.330 e. The van der Waals surface area contributed by atoms with E-state index < -0.39 is 0 Å². The predicted octanol–water partition coefficient (Wildman–Crippen LogP) is 3.06. The van der Waals surface area contributed by atoms with Gasteiger partial charge in [-0.1, -0.05) is 6.92 Å². The molecule has 0 saturated heterocycles. The maximum absolute atomic E-state index is 5.70. The van der Waals surface area contributed by atoms with Gasteiger partial charge in [0.25, 0.3) is 0 Å². The van der Waals surface area contributed by atoms with Crippen LogP contribution in [0.1, 0.15) is 23.9 Å². The zero-order chi connectivity index (χ0) is 14.7. The van der Waals surface area contributed by atoms with Gasteiger partial charge in [-0.3, -0.25) is 4.98 Å². The van der Waals surface area contributed by atoms with Crippen molar-refractivity contribution in [3.8, 4) is 11.4 Å². The van der Waals surface area contributed by atoms with Gasteiger partial charge in [0.1, 0.15) is 0 Å². The largest absolute Gasteiger partial charge is 0.330 e. The average Bonchev–Trinajstić information content (AvgIpc) is 2.42. The highest BCUT2D eigenvalue weighted by molar-refractivity contribution is 9.10. The first kappa shape index (κ1) is 15.1. The minimum absolute atomic E-state index is 0.439. The van der Waals surface area contributed by atoms with Crippen molar-refractivity contribution in [1.82, 2.24) is 15.0 Å². The highest BCUT2D eigenvalue weighted by atomic mass is 79.9. The van der Waals surface area contributed by atoms with Crippen LogP contribution >= 0.6 is 15.9 Å². The number of pyridine rings is 1. The third-order valence-corrected chi connectivity index (χ3v) is 3.77. The lowest BCUT2D eigenvalue weighted by atomic mass is 9.99. The van der Waals surface area contributed by atoms with E-state index in [0.717, 1.165) is 33.7 Å². The topological polar surface area (TPSA) is 64.7 Å². The molecule has 2 aromatic heterocycles.